The van der Waals surface area contributed by atoms with Gasteiger partial charge in [0, 0.05) is 9.75 Å². The number of aryl methyl sites for hydroxylation is 2. The van der Waals surface area contributed by atoms with E-state index in [0.29, 0.717) is 5.69 Å². The number of hydrogen-bond donors (Lipinski definition) is 2. The van der Waals surface area contributed by atoms with Gasteiger partial charge in [-0.3, -0.25) is 10.1 Å². The average molecular weight is 306 g/mol. The second kappa shape index (κ2) is 5.10. The molecule has 1 amide bonds. The molecule has 3 rings (SSSR count). The van der Waals surface area contributed by atoms with Gasteiger partial charge in [-0.15, -0.1) is 22.7 Å². The van der Waals surface area contributed by atoms with Gasteiger partial charge in [-0.2, -0.15) is 0 Å². The summed E-state index contributed by atoms with van der Waals surface area (Å²) in [7, 11) is 0. The number of anilines is 1. The second-order valence-electron chi connectivity index (χ2n) is 4.04. The van der Waals surface area contributed by atoms with Crippen LogP contribution in [0.4, 0.5) is 5.95 Å². The molecule has 0 spiro atoms. The largest absolute Gasteiger partial charge is 0.288 e. The number of nitrogens with zero attached hydrogens (tertiary/aromatic N) is 4. The third-order valence-corrected chi connectivity index (χ3v) is 4.68. The fourth-order valence-electron chi connectivity index (χ4n) is 1.64. The Morgan fingerprint density at radius 3 is 2.80 bits per heavy atom. The van der Waals surface area contributed by atoms with E-state index in [4.69, 9.17) is 0 Å². The van der Waals surface area contributed by atoms with Crippen LogP contribution in [-0.2, 0) is 0 Å². The molecule has 3 aromatic rings. The van der Waals surface area contributed by atoms with Crippen LogP contribution in [0, 0.1) is 13.8 Å². The lowest BCUT2D eigenvalue weighted by Gasteiger charge is -1.97. The lowest BCUT2D eigenvalue weighted by molar-refractivity contribution is 0.102. The van der Waals surface area contributed by atoms with Crippen molar-refractivity contribution in [3.05, 3.63) is 27.6 Å². The monoisotopic (exact) mass is 306 g/mol. The number of nitrogens with one attached hydrogen (secondary N) is 2. The molecule has 7 nitrogen and oxygen atoms in total. The van der Waals surface area contributed by atoms with Gasteiger partial charge < -0.3 is 0 Å². The summed E-state index contributed by atoms with van der Waals surface area (Å²) >= 11 is 3.16. The fourth-order valence-corrected chi connectivity index (χ4v) is 3.47. The van der Waals surface area contributed by atoms with Gasteiger partial charge in [0.1, 0.15) is 10.7 Å². The number of aromatic nitrogens is 5. The van der Waals surface area contributed by atoms with E-state index in [-0.39, 0.29) is 11.9 Å². The van der Waals surface area contributed by atoms with Gasteiger partial charge in [0.15, 0.2) is 0 Å². The van der Waals surface area contributed by atoms with E-state index in [9.17, 15) is 4.79 Å². The van der Waals surface area contributed by atoms with Crippen molar-refractivity contribution in [3.8, 4) is 9.88 Å². The highest BCUT2D eigenvalue weighted by Gasteiger charge is 2.18. The molecular formula is C11H10N6OS2. The molecule has 0 saturated heterocycles. The first-order valence-corrected chi connectivity index (χ1v) is 7.36. The van der Waals surface area contributed by atoms with Crippen LogP contribution >= 0.6 is 22.7 Å². The molecule has 9 heteroatoms. The zero-order valence-electron chi connectivity index (χ0n) is 10.7. The molecule has 0 atom stereocenters. The molecule has 0 aliphatic heterocycles. The topological polar surface area (TPSA) is 96.5 Å². The van der Waals surface area contributed by atoms with E-state index in [2.05, 4.69) is 30.9 Å². The molecule has 3 aromatic heterocycles. The number of hydrogen-bond acceptors (Lipinski definition) is 7. The minimum Gasteiger partial charge on any atom is -0.288 e. The van der Waals surface area contributed by atoms with Crippen molar-refractivity contribution >= 4 is 34.5 Å². The first-order valence-electron chi connectivity index (χ1n) is 5.73. The Bertz CT molecular complexity index is 745. The standard InChI is InChI=1S/C11H10N6OS2/c1-5-3-4-7(19-5)10-12-8(6(2)20-10)9(18)13-11-14-16-17-15-11/h3-4H,1-2H3,(H2,13,14,15,16,17,18). The molecular weight excluding hydrogens is 296 g/mol. The van der Waals surface area contributed by atoms with E-state index in [0.717, 1.165) is 14.8 Å². The summed E-state index contributed by atoms with van der Waals surface area (Å²) in [6.45, 7) is 3.91. The lowest BCUT2D eigenvalue weighted by atomic mass is 10.3. The summed E-state index contributed by atoms with van der Waals surface area (Å²) < 4.78 is 0. The van der Waals surface area contributed by atoms with Gasteiger partial charge in [-0.1, -0.05) is 5.10 Å². The Hall–Kier alpha value is -2.13. The van der Waals surface area contributed by atoms with Crippen molar-refractivity contribution in [1.29, 1.82) is 0 Å². The van der Waals surface area contributed by atoms with Crippen LogP contribution < -0.4 is 5.32 Å². The van der Waals surface area contributed by atoms with Gasteiger partial charge in [-0.25, -0.2) is 10.1 Å². The van der Waals surface area contributed by atoms with Crippen LogP contribution in [0.5, 0.6) is 0 Å². The van der Waals surface area contributed by atoms with Crippen molar-refractivity contribution < 1.29 is 4.79 Å². The van der Waals surface area contributed by atoms with Crippen LogP contribution in [0.15, 0.2) is 12.1 Å². The summed E-state index contributed by atoms with van der Waals surface area (Å²) in [4.78, 5) is 19.6. The van der Waals surface area contributed by atoms with E-state index >= 15 is 0 Å². The number of tetrazole rings is 1. The summed E-state index contributed by atoms with van der Waals surface area (Å²) in [5.41, 5.74) is 0.396. The molecule has 0 aliphatic carbocycles. The Labute approximate surface area is 122 Å². The van der Waals surface area contributed by atoms with Gasteiger partial charge in [-0.05, 0) is 36.4 Å². The van der Waals surface area contributed by atoms with Gasteiger partial charge in [0.25, 0.3) is 5.91 Å². The smallest absolute Gasteiger partial charge is 0.277 e. The average Bonchev–Trinajstić information content (AvgIpc) is 3.10. The highest BCUT2D eigenvalue weighted by Crippen LogP contribution is 2.32. The first-order chi connectivity index (χ1) is 9.63. The maximum atomic E-state index is 12.1. The molecule has 0 radical (unpaired) electrons. The molecule has 0 unspecified atom stereocenters. The number of amides is 1. The molecule has 2 N–H and O–H groups in total. The maximum absolute atomic E-state index is 12.1. The number of aromatic amines is 1. The van der Waals surface area contributed by atoms with Crippen LogP contribution in [0.3, 0.4) is 0 Å². The van der Waals surface area contributed by atoms with Crippen molar-refractivity contribution in [2.45, 2.75) is 13.8 Å². The predicted octanol–water partition coefficient (Wildman–Crippen LogP) is 2.25. The highest BCUT2D eigenvalue weighted by molar-refractivity contribution is 7.21. The number of H-pyrrole nitrogens is 1. The van der Waals surface area contributed by atoms with E-state index in [1.54, 1.807) is 11.3 Å². The van der Waals surface area contributed by atoms with Gasteiger partial charge in [0.05, 0.1) is 4.88 Å². The zero-order chi connectivity index (χ0) is 14.1. The van der Waals surface area contributed by atoms with E-state index in [1.807, 2.05) is 26.0 Å². The lowest BCUT2D eigenvalue weighted by Crippen LogP contribution is -2.14. The molecule has 3 heterocycles. The Balaban J connectivity index is 1.87. The summed E-state index contributed by atoms with van der Waals surface area (Å²) in [5, 5.41) is 16.3. The van der Waals surface area contributed by atoms with Crippen LogP contribution in [0.2, 0.25) is 0 Å². The quantitative estimate of drug-likeness (QED) is 0.773. The molecule has 102 valence electrons. The predicted molar refractivity (Wildman–Crippen MR) is 77.0 cm³/mol. The SMILES string of the molecule is Cc1ccc(-c2nc(C(=O)Nc3nnn[nH]3)c(C)s2)s1. The van der Waals surface area contributed by atoms with E-state index < -0.39 is 0 Å². The Morgan fingerprint density at radius 2 is 2.15 bits per heavy atom. The maximum Gasteiger partial charge on any atom is 0.277 e. The molecule has 0 fully saturated rings. The molecule has 0 aromatic carbocycles. The van der Waals surface area contributed by atoms with Gasteiger partial charge in [0.2, 0.25) is 5.95 Å². The van der Waals surface area contributed by atoms with Crippen LogP contribution in [0.1, 0.15) is 20.2 Å². The third-order valence-electron chi connectivity index (χ3n) is 2.54. The molecule has 20 heavy (non-hydrogen) atoms. The molecule has 0 aliphatic rings. The molecule has 0 bridgehead atoms. The summed E-state index contributed by atoms with van der Waals surface area (Å²) in [6, 6.07) is 4.05. The van der Waals surface area contributed by atoms with E-state index in [1.165, 1.54) is 16.2 Å². The highest BCUT2D eigenvalue weighted by atomic mass is 32.1. The fraction of sp³-hybridized carbons (Fsp3) is 0.182. The third kappa shape index (κ3) is 2.45. The number of thiophene rings is 1. The Kier molecular flexibility index (Phi) is 3.28. The summed E-state index contributed by atoms with van der Waals surface area (Å²) in [6.07, 6.45) is 0. The summed E-state index contributed by atoms with van der Waals surface area (Å²) in [5.74, 6) is -0.118. The van der Waals surface area contributed by atoms with Crippen molar-refractivity contribution in [2.75, 3.05) is 5.32 Å². The number of carbonyl (C=O) groups is 1. The normalized spacial score (nSPS) is 10.7. The van der Waals surface area contributed by atoms with Crippen LogP contribution in [-0.4, -0.2) is 31.5 Å². The Morgan fingerprint density at radius 1 is 1.30 bits per heavy atom. The minimum absolute atomic E-state index is 0.205. The molecule has 0 saturated carbocycles. The first kappa shape index (κ1) is 12.9. The van der Waals surface area contributed by atoms with Crippen molar-refractivity contribution in [3.63, 3.8) is 0 Å². The minimum atomic E-state index is -0.322. The second-order valence-corrected chi connectivity index (χ2v) is 6.53. The number of thiazole rings is 1. The zero-order valence-corrected chi connectivity index (χ0v) is 12.3. The number of carbonyl (C=O) groups excluding carboxylic acids is 1. The van der Waals surface area contributed by atoms with Crippen molar-refractivity contribution in [1.82, 2.24) is 25.6 Å². The van der Waals surface area contributed by atoms with Crippen LogP contribution in [0.25, 0.3) is 9.88 Å². The number of rotatable bonds is 3. The van der Waals surface area contributed by atoms with Crippen molar-refractivity contribution in [2.24, 2.45) is 0 Å². The van der Waals surface area contributed by atoms with Gasteiger partial charge >= 0.3 is 0 Å².